The Bertz CT molecular complexity index is 1080. The van der Waals surface area contributed by atoms with Gasteiger partial charge in [0.05, 0.1) is 12.6 Å². The van der Waals surface area contributed by atoms with E-state index in [9.17, 15) is 14.4 Å². The van der Waals surface area contributed by atoms with Crippen LogP contribution >= 0.6 is 0 Å². The first kappa shape index (κ1) is 28.4. The Hall–Kier alpha value is -3.19. The molecule has 0 heterocycles. The molecule has 0 saturated carbocycles. The number of carbonyl (C=O) groups excluding carboxylic acids is 3. The average molecular weight is 509 g/mol. The number of rotatable bonds is 11. The van der Waals surface area contributed by atoms with Crippen LogP contribution in [0.5, 0.6) is 0 Å². The lowest BCUT2D eigenvalue weighted by molar-refractivity contribution is -0.154. The third-order valence-corrected chi connectivity index (χ3v) is 6.32. The highest BCUT2D eigenvalue weighted by atomic mass is 16.6. The topological polar surface area (TPSA) is 84.9 Å². The van der Waals surface area contributed by atoms with E-state index in [0.29, 0.717) is 18.5 Å². The van der Waals surface area contributed by atoms with Crippen molar-refractivity contribution < 1.29 is 23.9 Å². The molecule has 1 amide bonds. The zero-order valence-corrected chi connectivity index (χ0v) is 22.7. The van der Waals surface area contributed by atoms with E-state index in [4.69, 9.17) is 9.47 Å². The van der Waals surface area contributed by atoms with Gasteiger partial charge in [0.1, 0.15) is 18.2 Å². The number of benzene rings is 2. The molecule has 0 bridgehead atoms. The minimum atomic E-state index is -0.735. The van der Waals surface area contributed by atoms with E-state index in [1.807, 2.05) is 48.5 Å². The number of amides is 1. The first-order valence-electron chi connectivity index (χ1n) is 13.2. The smallest absolute Gasteiger partial charge is 0.326 e. The molecule has 2 atom stereocenters. The van der Waals surface area contributed by atoms with Gasteiger partial charge in [-0.05, 0) is 95.5 Å². The number of hydrogen-bond donors (Lipinski definition) is 1. The lowest BCUT2D eigenvalue weighted by atomic mass is 10.0. The minimum Gasteiger partial charge on any atom is -0.465 e. The zero-order chi connectivity index (χ0) is 27.0. The molecule has 0 spiro atoms. The van der Waals surface area contributed by atoms with E-state index in [0.717, 1.165) is 24.8 Å². The summed E-state index contributed by atoms with van der Waals surface area (Å²) in [5, 5.41) is 3.18. The molecule has 0 aliphatic heterocycles. The molecule has 0 aromatic heterocycles. The molecule has 2 aromatic rings. The number of nitrogens with zero attached hydrogens (tertiary/aromatic N) is 1. The second kappa shape index (κ2) is 12.9. The predicted octanol–water partition coefficient (Wildman–Crippen LogP) is 4.39. The van der Waals surface area contributed by atoms with Crippen molar-refractivity contribution in [3.63, 3.8) is 0 Å². The van der Waals surface area contributed by atoms with Crippen molar-refractivity contribution in [2.75, 3.05) is 18.1 Å². The highest BCUT2D eigenvalue weighted by molar-refractivity contribution is 6.01. The van der Waals surface area contributed by atoms with Crippen LogP contribution < -0.4 is 10.2 Å². The van der Waals surface area contributed by atoms with Gasteiger partial charge in [0.25, 0.3) is 0 Å². The van der Waals surface area contributed by atoms with Gasteiger partial charge in [0.2, 0.25) is 5.91 Å². The van der Waals surface area contributed by atoms with Crippen molar-refractivity contribution in [3.05, 3.63) is 65.2 Å². The molecule has 2 aromatic carbocycles. The normalized spacial score (nSPS) is 14.4. The van der Waals surface area contributed by atoms with Gasteiger partial charge in [-0.1, -0.05) is 36.4 Å². The molecule has 7 nitrogen and oxygen atoms in total. The standard InChI is InChI=1S/C30H40N2O5/c1-6-36-29(35)26(18-15-22-11-8-7-9-12-22)31-21(2)28(34)32(20-27(33)37-30(3,4)5)25-17-16-23-13-10-14-24(23)19-25/h7-9,11-12,16-17,19,21,26,31H,6,10,13-15,18,20H2,1-5H3/t21-,26-/m0/s1. The average Bonchev–Trinajstić information content (AvgIpc) is 3.32. The maximum absolute atomic E-state index is 13.7. The largest absolute Gasteiger partial charge is 0.465 e. The summed E-state index contributed by atoms with van der Waals surface area (Å²) >= 11 is 0. The summed E-state index contributed by atoms with van der Waals surface area (Å²) in [6.45, 7) is 8.91. The van der Waals surface area contributed by atoms with Crippen molar-refractivity contribution in [1.82, 2.24) is 5.32 Å². The van der Waals surface area contributed by atoms with Gasteiger partial charge in [-0.25, -0.2) is 0 Å². The van der Waals surface area contributed by atoms with Gasteiger partial charge in [0, 0.05) is 5.69 Å². The first-order valence-corrected chi connectivity index (χ1v) is 13.2. The van der Waals surface area contributed by atoms with Crippen molar-refractivity contribution in [3.8, 4) is 0 Å². The van der Waals surface area contributed by atoms with Gasteiger partial charge in [0.15, 0.2) is 0 Å². The van der Waals surface area contributed by atoms with Crippen LogP contribution in [0.2, 0.25) is 0 Å². The number of hydrogen-bond acceptors (Lipinski definition) is 6. The molecule has 0 radical (unpaired) electrons. The Morgan fingerprint density at radius 2 is 1.73 bits per heavy atom. The Kier molecular flexibility index (Phi) is 9.86. The maximum atomic E-state index is 13.7. The molecule has 0 unspecified atom stereocenters. The lowest BCUT2D eigenvalue weighted by Crippen LogP contribution is -2.52. The molecule has 1 aliphatic carbocycles. The van der Waals surface area contributed by atoms with Crippen LogP contribution in [0.3, 0.4) is 0 Å². The second-order valence-corrected chi connectivity index (χ2v) is 10.5. The third kappa shape index (κ3) is 8.42. The van der Waals surface area contributed by atoms with Crippen LogP contribution in [0.15, 0.2) is 48.5 Å². The van der Waals surface area contributed by atoms with Crippen molar-refractivity contribution in [1.29, 1.82) is 0 Å². The molecule has 0 fully saturated rings. The van der Waals surface area contributed by atoms with E-state index < -0.39 is 29.6 Å². The lowest BCUT2D eigenvalue weighted by Gasteiger charge is -2.29. The van der Waals surface area contributed by atoms with E-state index in [1.165, 1.54) is 16.0 Å². The summed E-state index contributed by atoms with van der Waals surface area (Å²) in [7, 11) is 0. The molecular weight excluding hydrogens is 468 g/mol. The van der Waals surface area contributed by atoms with Crippen LogP contribution in [0.25, 0.3) is 0 Å². The molecule has 1 aliphatic rings. The van der Waals surface area contributed by atoms with Crippen molar-refractivity contribution >= 4 is 23.5 Å². The first-order chi connectivity index (χ1) is 17.6. The minimum absolute atomic E-state index is 0.213. The third-order valence-electron chi connectivity index (χ3n) is 6.32. The predicted molar refractivity (Wildman–Crippen MR) is 144 cm³/mol. The quantitative estimate of drug-likeness (QED) is 0.453. The molecule has 200 valence electrons. The van der Waals surface area contributed by atoms with E-state index >= 15 is 0 Å². The summed E-state index contributed by atoms with van der Waals surface area (Å²) in [5.74, 6) is -1.19. The molecule has 0 saturated heterocycles. The number of esters is 2. The van der Waals surface area contributed by atoms with Gasteiger partial charge >= 0.3 is 11.9 Å². The van der Waals surface area contributed by atoms with Gasteiger partial charge < -0.3 is 9.47 Å². The SMILES string of the molecule is CCOC(=O)[C@H](CCc1ccccc1)N[C@@H](C)C(=O)N(CC(=O)OC(C)(C)C)c1ccc2c(c1)CCC2. The summed E-state index contributed by atoms with van der Waals surface area (Å²) in [6.07, 6.45) is 4.20. The number of fused-ring (bicyclic) bond motifs is 1. The number of nitrogens with one attached hydrogen (secondary N) is 1. The molecular formula is C30H40N2O5. The second-order valence-electron chi connectivity index (χ2n) is 10.5. The number of aryl methyl sites for hydroxylation is 3. The fourth-order valence-electron chi connectivity index (χ4n) is 4.60. The monoisotopic (exact) mass is 508 g/mol. The maximum Gasteiger partial charge on any atom is 0.326 e. The summed E-state index contributed by atoms with van der Waals surface area (Å²) in [4.78, 5) is 40.7. The van der Waals surface area contributed by atoms with E-state index in [-0.39, 0.29) is 19.1 Å². The number of anilines is 1. The summed E-state index contributed by atoms with van der Waals surface area (Å²) < 4.78 is 10.8. The van der Waals surface area contributed by atoms with Crippen LogP contribution in [0, 0.1) is 0 Å². The zero-order valence-electron chi connectivity index (χ0n) is 22.7. The summed E-state index contributed by atoms with van der Waals surface area (Å²) in [5.41, 5.74) is 3.57. The fraction of sp³-hybridized carbons (Fsp3) is 0.500. The van der Waals surface area contributed by atoms with Crippen molar-refractivity contribution in [2.45, 2.75) is 84.4 Å². The summed E-state index contributed by atoms with van der Waals surface area (Å²) in [6, 6.07) is 14.4. The molecule has 1 N–H and O–H groups in total. The number of carbonyl (C=O) groups is 3. The van der Waals surface area contributed by atoms with Gasteiger partial charge in [-0.15, -0.1) is 0 Å². The van der Waals surface area contributed by atoms with E-state index in [1.54, 1.807) is 34.6 Å². The van der Waals surface area contributed by atoms with E-state index in [2.05, 4.69) is 5.32 Å². The van der Waals surface area contributed by atoms with Gasteiger partial charge in [-0.2, -0.15) is 0 Å². The Balaban J connectivity index is 1.79. The van der Waals surface area contributed by atoms with Crippen LogP contribution in [0.1, 0.15) is 64.2 Å². The van der Waals surface area contributed by atoms with Crippen molar-refractivity contribution in [2.24, 2.45) is 0 Å². The van der Waals surface area contributed by atoms with Crippen LogP contribution in [0.4, 0.5) is 5.69 Å². The Morgan fingerprint density at radius 1 is 1.03 bits per heavy atom. The molecule has 3 rings (SSSR count). The van der Waals surface area contributed by atoms with Crippen LogP contribution in [-0.2, 0) is 43.1 Å². The van der Waals surface area contributed by atoms with Crippen LogP contribution in [-0.4, -0.2) is 48.7 Å². The highest BCUT2D eigenvalue weighted by Gasteiger charge is 2.31. The molecule has 37 heavy (non-hydrogen) atoms. The highest BCUT2D eigenvalue weighted by Crippen LogP contribution is 2.27. The Morgan fingerprint density at radius 3 is 2.41 bits per heavy atom. The van der Waals surface area contributed by atoms with Gasteiger partial charge in [-0.3, -0.25) is 24.6 Å². The number of ether oxygens (including phenoxy) is 2. The fourth-order valence-corrected chi connectivity index (χ4v) is 4.60. The molecule has 7 heteroatoms. The Labute approximate surface area is 220 Å².